The van der Waals surface area contributed by atoms with E-state index >= 15 is 0 Å². The quantitative estimate of drug-likeness (QED) is 0.755. The number of thioether (sulfide) groups is 1. The first-order chi connectivity index (χ1) is 12.5. The molecule has 1 N–H and O–H groups in total. The fourth-order valence-electron chi connectivity index (χ4n) is 2.87. The monoisotopic (exact) mass is 388 g/mol. The number of anilines is 1. The zero-order valence-electron chi connectivity index (χ0n) is 14.6. The third-order valence-corrected chi connectivity index (χ3v) is 5.67. The maximum absolute atomic E-state index is 12.7. The largest absolute Gasteiger partial charge is 0.339 e. The Morgan fingerprint density at radius 1 is 1.08 bits per heavy atom. The Hall–Kier alpha value is -1.98. The van der Waals surface area contributed by atoms with Crippen LogP contribution in [0, 0.1) is 0 Å². The molecule has 1 aliphatic heterocycles. The first-order valence-electron chi connectivity index (χ1n) is 8.66. The Kier molecular flexibility index (Phi) is 6.22. The van der Waals surface area contributed by atoms with Gasteiger partial charge in [-0.25, -0.2) is 0 Å². The van der Waals surface area contributed by atoms with E-state index in [2.05, 4.69) is 5.32 Å². The highest BCUT2D eigenvalue weighted by molar-refractivity contribution is 8.00. The second-order valence-electron chi connectivity index (χ2n) is 6.25. The van der Waals surface area contributed by atoms with E-state index in [0.29, 0.717) is 16.3 Å². The summed E-state index contributed by atoms with van der Waals surface area (Å²) in [6.45, 7) is 3.41. The molecule has 1 fully saturated rings. The number of carbonyl (C=O) groups excluding carboxylic acids is 2. The van der Waals surface area contributed by atoms with Gasteiger partial charge in [-0.05, 0) is 56.2 Å². The lowest BCUT2D eigenvalue weighted by molar-refractivity contribution is -0.115. The molecule has 0 spiro atoms. The third kappa shape index (κ3) is 4.59. The molecule has 1 saturated heterocycles. The van der Waals surface area contributed by atoms with Crippen molar-refractivity contribution in [3.8, 4) is 0 Å². The SMILES string of the molecule is C[C@H](Sc1ccc(Cl)cc1)C(=O)Nc1ccccc1C(=O)N1CCCC1. The number of halogens is 1. The van der Waals surface area contributed by atoms with E-state index in [1.54, 1.807) is 24.3 Å². The molecule has 2 amide bonds. The Morgan fingerprint density at radius 3 is 2.42 bits per heavy atom. The summed E-state index contributed by atoms with van der Waals surface area (Å²) in [5.74, 6) is -0.150. The Labute approximate surface area is 162 Å². The van der Waals surface area contributed by atoms with Crippen LogP contribution in [0.3, 0.4) is 0 Å². The van der Waals surface area contributed by atoms with Crippen LogP contribution in [0.2, 0.25) is 5.02 Å². The Balaban J connectivity index is 1.68. The van der Waals surface area contributed by atoms with E-state index in [1.165, 1.54) is 11.8 Å². The Morgan fingerprint density at radius 2 is 1.73 bits per heavy atom. The van der Waals surface area contributed by atoms with E-state index in [9.17, 15) is 9.59 Å². The zero-order chi connectivity index (χ0) is 18.5. The molecule has 1 atom stereocenters. The molecule has 3 rings (SSSR count). The fourth-order valence-corrected chi connectivity index (χ4v) is 3.87. The average Bonchev–Trinajstić information content (AvgIpc) is 3.18. The van der Waals surface area contributed by atoms with Crippen molar-refractivity contribution in [2.75, 3.05) is 18.4 Å². The van der Waals surface area contributed by atoms with E-state index in [4.69, 9.17) is 11.6 Å². The molecule has 2 aromatic carbocycles. The van der Waals surface area contributed by atoms with Gasteiger partial charge in [0, 0.05) is 23.0 Å². The maximum atomic E-state index is 12.7. The first kappa shape index (κ1) is 18.8. The van der Waals surface area contributed by atoms with Crippen molar-refractivity contribution in [3.05, 3.63) is 59.1 Å². The van der Waals surface area contributed by atoms with Crippen LogP contribution in [0.15, 0.2) is 53.4 Å². The van der Waals surface area contributed by atoms with Crippen LogP contribution in [-0.2, 0) is 4.79 Å². The fraction of sp³-hybridized carbons (Fsp3) is 0.300. The predicted octanol–water partition coefficient (Wildman–Crippen LogP) is 4.70. The lowest BCUT2D eigenvalue weighted by Gasteiger charge is -2.19. The average molecular weight is 389 g/mol. The van der Waals surface area contributed by atoms with Crippen LogP contribution in [0.1, 0.15) is 30.1 Å². The maximum Gasteiger partial charge on any atom is 0.255 e. The standard InChI is InChI=1S/C20H21ClN2O2S/c1-14(26-16-10-8-15(21)9-11-16)19(24)22-18-7-3-2-6-17(18)20(25)23-12-4-5-13-23/h2-3,6-11,14H,4-5,12-13H2,1H3,(H,22,24)/t14-/m0/s1. The first-order valence-corrected chi connectivity index (χ1v) is 9.92. The molecule has 4 nitrogen and oxygen atoms in total. The van der Waals surface area contributed by atoms with Crippen LogP contribution in [0.5, 0.6) is 0 Å². The minimum Gasteiger partial charge on any atom is -0.339 e. The second kappa shape index (κ2) is 8.60. The summed E-state index contributed by atoms with van der Waals surface area (Å²) in [4.78, 5) is 28.1. The highest BCUT2D eigenvalue weighted by Crippen LogP contribution is 2.26. The van der Waals surface area contributed by atoms with E-state index in [0.717, 1.165) is 30.8 Å². The van der Waals surface area contributed by atoms with E-state index in [1.807, 2.05) is 36.1 Å². The van der Waals surface area contributed by atoms with Gasteiger partial charge in [-0.2, -0.15) is 0 Å². The molecule has 1 heterocycles. The minimum absolute atomic E-state index is 0.0172. The number of rotatable bonds is 5. The lowest BCUT2D eigenvalue weighted by atomic mass is 10.1. The summed E-state index contributed by atoms with van der Waals surface area (Å²) >= 11 is 7.35. The normalized spacial score (nSPS) is 14.9. The van der Waals surface area contributed by atoms with Gasteiger partial charge in [0.2, 0.25) is 5.91 Å². The number of likely N-dealkylation sites (tertiary alicyclic amines) is 1. The number of amides is 2. The van der Waals surface area contributed by atoms with Crippen molar-refractivity contribution in [2.24, 2.45) is 0 Å². The number of benzene rings is 2. The molecule has 26 heavy (non-hydrogen) atoms. The lowest BCUT2D eigenvalue weighted by Crippen LogP contribution is -2.29. The van der Waals surface area contributed by atoms with Crippen molar-refractivity contribution >= 4 is 40.9 Å². The molecule has 0 unspecified atom stereocenters. The summed E-state index contributed by atoms with van der Waals surface area (Å²) in [5, 5.41) is 3.28. The topological polar surface area (TPSA) is 49.4 Å². The number of nitrogens with zero attached hydrogens (tertiary/aromatic N) is 1. The van der Waals surface area contributed by atoms with Gasteiger partial charge in [-0.1, -0.05) is 23.7 Å². The van der Waals surface area contributed by atoms with Crippen molar-refractivity contribution in [1.29, 1.82) is 0 Å². The van der Waals surface area contributed by atoms with Crippen LogP contribution in [0.4, 0.5) is 5.69 Å². The van der Waals surface area contributed by atoms with Gasteiger partial charge >= 0.3 is 0 Å². The highest BCUT2D eigenvalue weighted by Gasteiger charge is 2.23. The molecule has 0 radical (unpaired) electrons. The molecule has 6 heteroatoms. The highest BCUT2D eigenvalue weighted by atomic mass is 35.5. The summed E-state index contributed by atoms with van der Waals surface area (Å²) in [7, 11) is 0. The van der Waals surface area contributed by atoms with Gasteiger partial charge in [0.05, 0.1) is 16.5 Å². The number of hydrogen-bond acceptors (Lipinski definition) is 3. The van der Waals surface area contributed by atoms with Gasteiger partial charge in [0.25, 0.3) is 5.91 Å². The summed E-state index contributed by atoms with van der Waals surface area (Å²) in [5.41, 5.74) is 1.12. The van der Waals surface area contributed by atoms with Crippen molar-refractivity contribution in [2.45, 2.75) is 29.9 Å². The summed E-state index contributed by atoms with van der Waals surface area (Å²) in [6.07, 6.45) is 2.07. The Bertz CT molecular complexity index is 789. The molecule has 1 aliphatic rings. The molecular weight excluding hydrogens is 368 g/mol. The van der Waals surface area contributed by atoms with Crippen LogP contribution in [-0.4, -0.2) is 35.1 Å². The summed E-state index contributed by atoms with van der Waals surface area (Å²) in [6, 6.07) is 14.6. The number of carbonyl (C=O) groups is 2. The van der Waals surface area contributed by atoms with E-state index in [-0.39, 0.29) is 17.1 Å². The summed E-state index contributed by atoms with van der Waals surface area (Å²) < 4.78 is 0. The van der Waals surface area contributed by atoms with Gasteiger partial charge in [0.15, 0.2) is 0 Å². The molecular formula is C20H21ClN2O2S. The van der Waals surface area contributed by atoms with Gasteiger partial charge < -0.3 is 10.2 Å². The van der Waals surface area contributed by atoms with Crippen LogP contribution < -0.4 is 5.32 Å². The number of para-hydroxylation sites is 1. The third-order valence-electron chi connectivity index (χ3n) is 4.30. The molecule has 136 valence electrons. The van der Waals surface area contributed by atoms with Gasteiger partial charge in [0.1, 0.15) is 0 Å². The smallest absolute Gasteiger partial charge is 0.255 e. The van der Waals surface area contributed by atoms with E-state index < -0.39 is 0 Å². The van der Waals surface area contributed by atoms with Crippen LogP contribution >= 0.6 is 23.4 Å². The number of hydrogen-bond donors (Lipinski definition) is 1. The molecule has 0 aliphatic carbocycles. The van der Waals surface area contributed by atoms with Gasteiger partial charge in [-0.3, -0.25) is 9.59 Å². The van der Waals surface area contributed by atoms with Crippen LogP contribution in [0.25, 0.3) is 0 Å². The predicted molar refractivity (Wildman–Crippen MR) is 107 cm³/mol. The minimum atomic E-state index is -0.300. The van der Waals surface area contributed by atoms with Crippen molar-refractivity contribution in [1.82, 2.24) is 4.90 Å². The molecule has 2 aromatic rings. The molecule has 0 aromatic heterocycles. The zero-order valence-corrected chi connectivity index (χ0v) is 16.1. The molecule has 0 bridgehead atoms. The van der Waals surface area contributed by atoms with Crippen molar-refractivity contribution in [3.63, 3.8) is 0 Å². The second-order valence-corrected chi connectivity index (χ2v) is 8.10. The number of nitrogens with one attached hydrogen (secondary N) is 1. The van der Waals surface area contributed by atoms with Gasteiger partial charge in [-0.15, -0.1) is 11.8 Å². The van der Waals surface area contributed by atoms with Crippen molar-refractivity contribution < 1.29 is 9.59 Å². The molecule has 0 saturated carbocycles.